The number of pyridine rings is 1. The highest BCUT2D eigenvalue weighted by molar-refractivity contribution is 7.89. The van der Waals surface area contributed by atoms with E-state index in [1.807, 2.05) is 53.1 Å². The maximum Gasteiger partial charge on any atom is 0.250 e. The van der Waals surface area contributed by atoms with E-state index in [9.17, 15) is 13.2 Å². The highest BCUT2D eigenvalue weighted by Crippen LogP contribution is 2.39. The third kappa shape index (κ3) is 3.94. The minimum absolute atomic E-state index is 0.0280. The predicted octanol–water partition coefficient (Wildman–Crippen LogP) is 4.48. The Balaban J connectivity index is 1.50. The number of rotatable bonds is 4. The normalized spacial score (nSPS) is 20.9. The number of hydrogen-bond donors (Lipinski definition) is 0. The van der Waals surface area contributed by atoms with Gasteiger partial charge in [-0.2, -0.15) is 4.31 Å². The van der Waals surface area contributed by atoms with Gasteiger partial charge in [0, 0.05) is 42.3 Å². The van der Waals surface area contributed by atoms with Crippen LogP contribution >= 0.6 is 11.6 Å². The average Bonchev–Trinajstić information content (AvgIpc) is 2.80. The van der Waals surface area contributed by atoms with Crippen molar-refractivity contribution < 1.29 is 8.42 Å². The molecule has 2 aliphatic heterocycles. The molecule has 2 bridgehead atoms. The second kappa shape index (κ2) is 8.35. The zero-order valence-corrected chi connectivity index (χ0v) is 19.0. The first kappa shape index (κ1) is 21.2. The van der Waals surface area contributed by atoms with Crippen LogP contribution in [0.1, 0.15) is 29.2 Å². The fraction of sp³-hybridized carbons (Fsp3) is 0.240. The Morgan fingerprint density at radius 3 is 2.38 bits per heavy atom. The molecule has 0 unspecified atom stereocenters. The van der Waals surface area contributed by atoms with Crippen molar-refractivity contribution >= 4 is 33.8 Å². The first-order chi connectivity index (χ1) is 15.4. The van der Waals surface area contributed by atoms with Crippen LogP contribution < -0.4 is 5.56 Å². The van der Waals surface area contributed by atoms with Crippen LogP contribution in [0.25, 0.3) is 12.2 Å². The molecule has 0 aliphatic carbocycles. The van der Waals surface area contributed by atoms with E-state index in [1.54, 1.807) is 34.6 Å². The van der Waals surface area contributed by atoms with Gasteiger partial charge in [0.15, 0.2) is 0 Å². The highest BCUT2D eigenvalue weighted by Gasteiger charge is 2.40. The number of halogens is 1. The highest BCUT2D eigenvalue weighted by atomic mass is 35.5. The van der Waals surface area contributed by atoms with Crippen LogP contribution in [0.4, 0.5) is 0 Å². The summed E-state index contributed by atoms with van der Waals surface area (Å²) >= 11 is 5.98. The van der Waals surface area contributed by atoms with Crippen LogP contribution in [0.2, 0.25) is 5.02 Å². The third-order valence-electron chi connectivity index (χ3n) is 6.30. The van der Waals surface area contributed by atoms with Crippen LogP contribution in [0.3, 0.4) is 0 Å². The van der Waals surface area contributed by atoms with Crippen molar-refractivity contribution in [1.82, 2.24) is 8.87 Å². The first-order valence-corrected chi connectivity index (χ1v) is 12.5. The van der Waals surface area contributed by atoms with Gasteiger partial charge in [0.2, 0.25) is 10.0 Å². The summed E-state index contributed by atoms with van der Waals surface area (Å²) in [7, 11) is -3.57. The number of benzene rings is 2. The smallest absolute Gasteiger partial charge is 0.250 e. The summed E-state index contributed by atoms with van der Waals surface area (Å²) < 4.78 is 29.9. The van der Waals surface area contributed by atoms with Crippen LogP contribution in [0, 0.1) is 5.92 Å². The van der Waals surface area contributed by atoms with Gasteiger partial charge < -0.3 is 4.57 Å². The first-order valence-electron chi connectivity index (χ1n) is 10.6. The van der Waals surface area contributed by atoms with Gasteiger partial charge in [-0.15, -0.1) is 0 Å². The lowest BCUT2D eigenvalue weighted by Crippen LogP contribution is -2.49. The molecule has 2 aromatic carbocycles. The molecule has 3 aromatic rings. The molecule has 0 N–H and O–H groups in total. The molecule has 1 fully saturated rings. The van der Waals surface area contributed by atoms with Gasteiger partial charge in [-0.25, -0.2) is 8.42 Å². The second-order valence-electron chi connectivity index (χ2n) is 8.44. The molecule has 1 saturated heterocycles. The zero-order valence-electron chi connectivity index (χ0n) is 17.4. The molecule has 3 heterocycles. The van der Waals surface area contributed by atoms with Crippen molar-refractivity contribution in [1.29, 1.82) is 0 Å². The zero-order chi connectivity index (χ0) is 22.3. The lowest BCUT2D eigenvalue weighted by molar-refractivity contribution is 0.186. The lowest BCUT2D eigenvalue weighted by Gasteiger charge is -2.42. The van der Waals surface area contributed by atoms with Crippen molar-refractivity contribution in [2.75, 3.05) is 13.1 Å². The molecule has 0 saturated carbocycles. The summed E-state index contributed by atoms with van der Waals surface area (Å²) in [6.07, 6.45) is 4.87. The summed E-state index contributed by atoms with van der Waals surface area (Å²) in [4.78, 5) is 13.0. The third-order valence-corrected chi connectivity index (χ3v) is 8.39. The molecule has 0 spiro atoms. The van der Waals surface area contributed by atoms with E-state index in [0.717, 1.165) is 23.2 Å². The van der Waals surface area contributed by atoms with Crippen molar-refractivity contribution in [2.45, 2.75) is 23.8 Å². The van der Waals surface area contributed by atoms with Gasteiger partial charge in [0.25, 0.3) is 5.56 Å². The van der Waals surface area contributed by atoms with Gasteiger partial charge >= 0.3 is 0 Å². The molecule has 5 nitrogen and oxygen atoms in total. The van der Waals surface area contributed by atoms with Gasteiger partial charge in [0.05, 0.1) is 4.90 Å². The van der Waals surface area contributed by atoms with E-state index < -0.39 is 10.0 Å². The minimum Gasteiger partial charge on any atom is -0.311 e. The Hall–Kier alpha value is -2.67. The molecule has 0 radical (unpaired) electrons. The van der Waals surface area contributed by atoms with Gasteiger partial charge in [-0.3, -0.25) is 4.79 Å². The van der Waals surface area contributed by atoms with E-state index >= 15 is 0 Å². The maximum atomic E-state index is 13.3. The Morgan fingerprint density at radius 2 is 1.62 bits per heavy atom. The number of hydrogen-bond acceptors (Lipinski definition) is 3. The van der Waals surface area contributed by atoms with E-state index in [4.69, 9.17) is 11.6 Å². The Labute approximate surface area is 192 Å². The van der Waals surface area contributed by atoms with E-state index in [2.05, 4.69) is 0 Å². The quantitative estimate of drug-likeness (QED) is 0.569. The SMILES string of the molecule is O=c1ccc(/C=C/c2ccc(Cl)cc2)c2n1C[C@H]1C[C@@H]2CN(S(=O)(=O)c2ccccc2)C1. The molecular formula is C25H23ClN2O3S. The molecule has 0 amide bonds. The largest absolute Gasteiger partial charge is 0.311 e. The second-order valence-corrected chi connectivity index (χ2v) is 10.8. The molecular weight excluding hydrogens is 444 g/mol. The fourth-order valence-corrected chi connectivity index (χ4v) is 6.55. The summed E-state index contributed by atoms with van der Waals surface area (Å²) in [5.74, 6) is 0.0905. The van der Waals surface area contributed by atoms with Gasteiger partial charge in [-0.05, 0) is 53.8 Å². The lowest BCUT2D eigenvalue weighted by atomic mass is 9.82. The molecule has 1 aromatic heterocycles. The number of aromatic nitrogens is 1. The number of piperidine rings is 1. The van der Waals surface area contributed by atoms with Crippen LogP contribution in [0.15, 0.2) is 76.4 Å². The average molecular weight is 467 g/mol. The van der Waals surface area contributed by atoms with Crippen molar-refractivity contribution in [3.05, 3.63) is 98.9 Å². The molecule has 164 valence electrons. The topological polar surface area (TPSA) is 59.4 Å². The maximum absolute atomic E-state index is 13.3. The van der Waals surface area contributed by atoms with Gasteiger partial charge in [-0.1, -0.05) is 54.1 Å². The number of nitrogens with zero attached hydrogens (tertiary/aromatic N) is 2. The molecule has 5 rings (SSSR count). The Kier molecular flexibility index (Phi) is 5.53. The van der Waals surface area contributed by atoms with Crippen molar-refractivity contribution in [3.8, 4) is 0 Å². The van der Waals surface area contributed by atoms with Crippen LogP contribution in [0.5, 0.6) is 0 Å². The summed E-state index contributed by atoms with van der Waals surface area (Å²) in [6, 6.07) is 19.6. The summed E-state index contributed by atoms with van der Waals surface area (Å²) in [6.45, 7) is 1.34. The summed E-state index contributed by atoms with van der Waals surface area (Å²) in [5, 5.41) is 0.679. The van der Waals surface area contributed by atoms with E-state index in [-0.39, 0.29) is 17.4 Å². The van der Waals surface area contributed by atoms with Crippen LogP contribution in [-0.2, 0) is 16.6 Å². The molecule has 2 atom stereocenters. The predicted molar refractivity (Wildman–Crippen MR) is 127 cm³/mol. The number of fused-ring (bicyclic) bond motifs is 4. The number of sulfonamides is 1. The Morgan fingerprint density at radius 1 is 0.875 bits per heavy atom. The van der Waals surface area contributed by atoms with E-state index in [1.165, 1.54) is 0 Å². The standard InChI is InChI=1S/C25H23ClN2O3S/c26-22-11-7-18(8-12-22)6-9-20-10-13-24(29)28-16-19-14-21(25(20)28)17-27(15-19)32(30,31)23-4-2-1-3-5-23/h1-13,19,21H,14-17H2/b9-6+/t19-,21+/m0/s1. The summed E-state index contributed by atoms with van der Waals surface area (Å²) in [5.41, 5.74) is 2.84. The van der Waals surface area contributed by atoms with E-state index in [0.29, 0.717) is 29.6 Å². The monoisotopic (exact) mass is 466 g/mol. The molecule has 7 heteroatoms. The molecule has 32 heavy (non-hydrogen) atoms. The van der Waals surface area contributed by atoms with Crippen molar-refractivity contribution in [3.63, 3.8) is 0 Å². The molecule has 2 aliphatic rings. The fourth-order valence-electron chi connectivity index (χ4n) is 4.84. The Bertz CT molecular complexity index is 1330. The van der Waals surface area contributed by atoms with Gasteiger partial charge in [0.1, 0.15) is 0 Å². The minimum atomic E-state index is -3.57. The van der Waals surface area contributed by atoms with Crippen molar-refractivity contribution in [2.24, 2.45) is 5.92 Å². The van der Waals surface area contributed by atoms with Crippen LogP contribution in [-0.4, -0.2) is 30.4 Å².